The average molecular weight is 962 g/mol. The minimum Gasteiger partial charge on any atom is -0.462 e. The maximum Gasteiger partial charge on any atom is 0.306 e. The highest BCUT2D eigenvalue weighted by atomic mass is 16.6. The van der Waals surface area contributed by atoms with Crippen LogP contribution in [0.1, 0.15) is 206 Å². The van der Waals surface area contributed by atoms with Crippen LogP contribution in [0, 0.1) is 0 Å². The standard InChI is InChI=1S/C65H100O5/c1-3-5-7-9-11-13-15-17-19-21-22-23-24-25-26-27-28-29-30-31-32-33-34-35-36-37-38-39-40-41-42-44-46-48-50-52-54-56-58-60-65(68)70-63(61-66)62-69-64(67)59-57-55-53-51-49-47-45-43-20-18-16-14-12-10-8-6-4-2/h5-8,11-14,17-20,22-23,25-26,28-29,31-32,34-35,37-38,40-41,44,46,63,66H,3-4,9-10,15-16,21,24,27,30,33,36,39,42-43,45,47-62H2,1-2H3/b7-5-,8-6-,13-11-,14-12-,19-17-,20-18-,23-22-,26-25-,29-28-,32-31-,35-34-,38-37-,41-40-,46-44-. The maximum atomic E-state index is 12.3. The summed E-state index contributed by atoms with van der Waals surface area (Å²) in [6.07, 6.45) is 91.7. The maximum absolute atomic E-state index is 12.3. The summed E-state index contributed by atoms with van der Waals surface area (Å²) < 4.78 is 10.7. The first-order valence-corrected chi connectivity index (χ1v) is 27.7. The largest absolute Gasteiger partial charge is 0.462 e. The zero-order valence-corrected chi connectivity index (χ0v) is 44.5. The van der Waals surface area contributed by atoms with Crippen molar-refractivity contribution in [2.45, 2.75) is 213 Å². The molecule has 70 heavy (non-hydrogen) atoms. The number of ether oxygens (including phenoxy) is 2. The molecule has 0 rings (SSSR count). The van der Waals surface area contributed by atoms with E-state index in [9.17, 15) is 14.7 Å². The topological polar surface area (TPSA) is 72.8 Å². The Morgan fingerprint density at radius 2 is 0.571 bits per heavy atom. The Morgan fingerprint density at radius 1 is 0.329 bits per heavy atom. The minimum atomic E-state index is -0.800. The van der Waals surface area contributed by atoms with Crippen LogP contribution in [0.3, 0.4) is 0 Å². The van der Waals surface area contributed by atoms with E-state index in [-0.39, 0.29) is 25.2 Å². The third-order valence-corrected chi connectivity index (χ3v) is 11.0. The van der Waals surface area contributed by atoms with Crippen LogP contribution >= 0.6 is 0 Å². The molecule has 5 heteroatoms. The second-order valence-corrected chi connectivity index (χ2v) is 17.5. The van der Waals surface area contributed by atoms with Crippen LogP contribution in [-0.4, -0.2) is 36.4 Å². The lowest BCUT2D eigenvalue weighted by Crippen LogP contribution is -2.28. The smallest absolute Gasteiger partial charge is 0.306 e. The van der Waals surface area contributed by atoms with E-state index in [1.54, 1.807) is 0 Å². The Kier molecular flexibility index (Phi) is 54.6. The first-order chi connectivity index (χ1) is 34.6. The Hall–Kier alpha value is -4.74. The predicted molar refractivity (Wildman–Crippen MR) is 306 cm³/mol. The Balaban J connectivity index is 3.68. The normalized spacial score (nSPS) is 13.6. The number of carbonyl (C=O) groups excluding carboxylic acids is 2. The number of aliphatic hydroxyl groups is 1. The van der Waals surface area contributed by atoms with E-state index in [2.05, 4.69) is 184 Å². The fourth-order valence-corrected chi connectivity index (χ4v) is 6.93. The van der Waals surface area contributed by atoms with Crippen molar-refractivity contribution in [1.29, 1.82) is 0 Å². The van der Waals surface area contributed by atoms with Gasteiger partial charge in [-0.3, -0.25) is 9.59 Å². The van der Waals surface area contributed by atoms with E-state index in [1.165, 1.54) is 25.7 Å². The first-order valence-electron chi connectivity index (χ1n) is 27.7. The van der Waals surface area contributed by atoms with Crippen molar-refractivity contribution in [3.05, 3.63) is 170 Å². The molecule has 1 unspecified atom stereocenters. The predicted octanol–water partition coefficient (Wildman–Crippen LogP) is 19.0. The quantitative estimate of drug-likeness (QED) is 0.0374. The molecule has 0 aliphatic carbocycles. The van der Waals surface area contributed by atoms with Crippen molar-refractivity contribution in [2.75, 3.05) is 13.2 Å². The summed E-state index contributed by atoms with van der Waals surface area (Å²) in [6.45, 7) is 3.87. The van der Waals surface area contributed by atoms with Gasteiger partial charge in [0.2, 0.25) is 0 Å². The van der Waals surface area contributed by atoms with E-state index in [1.807, 2.05) is 0 Å². The van der Waals surface area contributed by atoms with E-state index in [0.717, 1.165) is 154 Å². The van der Waals surface area contributed by atoms with Crippen LogP contribution < -0.4 is 0 Å². The monoisotopic (exact) mass is 961 g/mol. The number of esters is 2. The summed E-state index contributed by atoms with van der Waals surface area (Å²) in [5.74, 6) is -0.638. The molecular weight excluding hydrogens is 861 g/mol. The molecule has 0 heterocycles. The van der Waals surface area contributed by atoms with Gasteiger partial charge in [-0.15, -0.1) is 0 Å². The van der Waals surface area contributed by atoms with Crippen LogP contribution in [0.2, 0.25) is 0 Å². The number of carbonyl (C=O) groups is 2. The number of rotatable bonds is 48. The zero-order chi connectivity index (χ0) is 50.6. The molecule has 1 atom stereocenters. The van der Waals surface area contributed by atoms with Gasteiger partial charge in [0, 0.05) is 12.8 Å². The van der Waals surface area contributed by atoms with E-state index < -0.39 is 6.10 Å². The average Bonchev–Trinajstić information content (AvgIpc) is 3.36. The van der Waals surface area contributed by atoms with E-state index in [0.29, 0.717) is 12.8 Å². The molecule has 0 aliphatic rings. The summed E-state index contributed by atoms with van der Waals surface area (Å²) in [7, 11) is 0. The molecule has 0 aromatic heterocycles. The highest BCUT2D eigenvalue weighted by Crippen LogP contribution is 2.12. The van der Waals surface area contributed by atoms with Gasteiger partial charge in [-0.05, 0) is 128 Å². The lowest BCUT2D eigenvalue weighted by molar-refractivity contribution is -0.161. The first kappa shape index (κ1) is 65.3. The van der Waals surface area contributed by atoms with Crippen molar-refractivity contribution in [1.82, 2.24) is 0 Å². The summed E-state index contributed by atoms with van der Waals surface area (Å²) in [5, 5.41) is 9.63. The summed E-state index contributed by atoms with van der Waals surface area (Å²) in [5.41, 5.74) is 0. The Morgan fingerprint density at radius 3 is 0.857 bits per heavy atom. The van der Waals surface area contributed by atoms with Crippen molar-refractivity contribution in [2.24, 2.45) is 0 Å². The van der Waals surface area contributed by atoms with Crippen LogP contribution in [0.4, 0.5) is 0 Å². The number of aliphatic hydroxyl groups excluding tert-OH is 1. The van der Waals surface area contributed by atoms with Gasteiger partial charge < -0.3 is 14.6 Å². The van der Waals surface area contributed by atoms with E-state index in [4.69, 9.17) is 9.47 Å². The summed E-state index contributed by atoms with van der Waals surface area (Å²) in [6, 6.07) is 0. The number of hydrogen-bond acceptors (Lipinski definition) is 5. The second kappa shape index (κ2) is 58.6. The molecule has 0 saturated heterocycles. The molecular formula is C65H100O5. The summed E-state index contributed by atoms with van der Waals surface area (Å²) >= 11 is 0. The third-order valence-electron chi connectivity index (χ3n) is 11.0. The lowest BCUT2D eigenvalue weighted by Gasteiger charge is -2.15. The molecule has 0 bridgehead atoms. The molecule has 0 spiro atoms. The molecule has 0 aliphatic heterocycles. The van der Waals surface area contributed by atoms with Gasteiger partial charge in [-0.25, -0.2) is 0 Å². The second-order valence-electron chi connectivity index (χ2n) is 17.5. The molecule has 0 radical (unpaired) electrons. The van der Waals surface area contributed by atoms with Gasteiger partial charge >= 0.3 is 11.9 Å². The molecule has 1 N–H and O–H groups in total. The van der Waals surface area contributed by atoms with Crippen molar-refractivity contribution in [3.63, 3.8) is 0 Å². The molecule has 0 amide bonds. The number of unbranched alkanes of at least 4 members (excludes halogenated alkanes) is 12. The molecule has 0 aromatic carbocycles. The minimum absolute atomic E-state index is 0.0902. The van der Waals surface area contributed by atoms with Crippen molar-refractivity contribution < 1.29 is 24.2 Å². The van der Waals surface area contributed by atoms with E-state index >= 15 is 0 Å². The SMILES string of the molecule is CC/C=C\C/C=C\C/C=C\C/C=C\C/C=C\C/C=C\C/C=C\C/C=C\C/C=C\C/C=C\C/C=C\CCCCCCCC(=O)OC(CO)COC(=O)CCCCCCCCC/C=C\C/C=C\C/C=C\CC. The van der Waals surface area contributed by atoms with Gasteiger partial charge in [0.15, 0.2) is 6.10 Å². The molecule has 390 valence electrons. The molecule has 0 fully saturated rings. The number of hydrogen-bond donors (Lipinski definition) is 1. The fraction of sp³-hybridized carbons (Fsp3) is 0.538. The van der Waals surface area contributed by atoms with Crippen LogP contribution in [0.25, 0.3) is 0 Å². The molecule has 0 saturated carbocycles. The van der Waals surface area contributed by atoms with Crippen molar-refractivity contribution >= 4 is 11.9 Å². The Bertz CT molecular complexity index is 1600. The van der Waals surface area contributed by atoms with Crippen molar-refractivity contribution in [3.8, 4) is 0 Å². The lowest BCUT2D eigenvalue weighted by atomic mass is 10.1. The van der Waals surface area contributed by atoms with Gasteiger partial charge in [-0.1, -0.05) is 235 Å². The zero-order valence-electron chi connectivity index (χ0n) is 44.5. The van der Waals surface area contributed by atoms with Crippen LogP contribution in [0.15, 0.2) is 170 Å². The Labute approximate surface area is 430 Å². The highest BCUT2D eigenvalue weighted by molar-refractivity contribution is 5.70. The highest BCUT2D eigenvalue weighted by Gasteiger charge is 2.16. The number of allylic oxidation sites excluding steroid dienone is 28. The van der Waals surface area contributed by atoms with Gasteiger partial charge in [0.1, 0.15) is 6.61 Å². The van der Waals surface area contributed by atoms with Gasteiger partial charge in [0.05, 0.1) is 6.61 Å². The van der Waals surface area contributed by atoms with Gasteiger partial charge in [-0.2, -0.15) is 0 Å². The fourth-order valence-electron chi connectivity index (χ4n) is 6.93. The third kappa shape index (κ3) is 55.9. The summed E-state index contributed by atoms with van der Waals surface area (Å²) in [4.78, 5) is 24.5. The van der Waals surface area contributed by atoms with Gasteiger partial charge in [0.25, 0.3) is 0 Å². The molecule has 5 nitrogen and oxygen atoms in total. The van der Waals surface area contributed by atoms with Crippen LogP contribution in [-0.2, 0) is 19.1 Å². The molecule has 0 aromatic rings. The van der Waals surface area contributed by atoms with Crippen LogP contribution in [0.5, 0.6) is 0 Å².